The molecule has 0 bridgehead atoms. The van der Waals surface area contributed by atoms with Gasteiger partial charge in [-0.3, -0.25) is 9.58 Å². The molecule has 0 saturated heterocycles. The average Bonchev–Trinajstić information content (AvgIpc) is 3.33. The largest absolute Gasteiger partial charge is 0.490 e. The van der Waals surface area contributed by atoms with Gasteiger partial charge in [0.15, 0.2) is 11.5 Å². The maximum absolute atomic E-state index is 10.6. The van der Waals surface area contributed by atoms with Crippen LogP contribution < -0.4 is 9.47 Å². The molecule has 2 aliphatic heterocycles. The van der Waals surface area contributed by atoms with E-state index in [9.17, 15) is 13.2 Å². The molecule has 0 fully saturated rings. The van der Waals surface area contributed by atoms with E-state index in [-0.39, 0.29) is 0 Å². The normalized spacial score (nSPS) is 17.7. The van der Waals surface area contributed by atoms with Crippen molar-refractivity contribution in [2.45, 2.75) is 25.8 Å². The van der Waals surface area contributed by atoms with Crippen molar-refractivity contribution in [2.75, 3.05) is 26.6 Å². The summed E-state index contributed by atoms with van der Waals surface area (Å²) < 4.78 is 50.4. The van der Waals surface area contributed by atoms with Crippen molar-refractivity contribution >= 4 is 5.97 Å². The number of hydrogen-bond donors (Lipinski definition) is 1. The molecule has 174 valence electrons. The minimum absolute atomic E-state index is 0.310. The number of halogens is 3. The summed E-state index contributed by atoms with van der Waals surface area (Å²) in [4.78, 5) is 11.3. The zero-order chi connectivity index (χ0) is 23.1. The van der Waals surface area contributed by atoms with E-state index in [0.29, 0.717) is 25.9 Å². The topological polar surface area (TPSA) is 86.1 Å². The average molecular weight is 455 g/mol. The Labute approximate surface area is 182 Å². The first-order valence-electron chi connectivity index (χ1n) is 9.86. The summed E-state index contributed by atoms with van der Waals surface area (Å²) in [6, 6.07) is 8.27. The lowest BCUT2D eigenvalue weighted by Crippen LogP contribution is -2.30. The molecule has 0 saturated carbocycles. The summed E-state index contributed by atoms with van der Waals surface area (Å²) in [6.45, 7) is 8.92. The number of rotatable bonds is 6. The van der Waals surface area contributed by atoms with Gasteiger partial charge in [0.25, 0.3) is 0 Å². The minimum Gasteiger partial charge on any atom is -0.475 e. The lowest BCUT2D eigenvalue weighted by Gasteiger charge is -2.24. The second-order valence-electron chi connectivity index (χ2n) is 7.36. The third-order valence-corrected chi connectivity index (χ3v) is 4.81. The molecule has 0 spiro atoms. The van der Waals surface area contributed by atoms with Gasteiger partial charge < -0.3 is 19.3 Å². The number of carboxylic acids is 1. The molecule has 0 amide bonds. The molecule has 1 unspecified atom stereocenters. The van der Waals surface area contributed by atoms with Crippen LogP contribution in [0.4, 0.5) is 13.2 Å². The molecule has 1 aromatic carbocycles. The van der Waals surface area contributed by atoms with Crippen molar-refractivity contribution in [3.05, 3.63) is 54.4 Å². The van der Waals surface area contributed by atoms with E-state index in [1.165, 1.54) is 11.3 Å². The number of carbonyl (C=O) groups is 1. The summed E-state index contributed by atoms with van der Waals surface area (Å²) >= 11 is 0. The van der Waals surface area contributed by atoms with Crippen LogP contribution in [0.15, 0.2) is 43.1 Å². The van der Waals surface area contributed by atoms with Crippen molar-refractivity contribution in [3.8, 4) is 11.5 Å². The molecule has 2 aliphatic rings. The Bertz CT molecular complexity index is 932. The van der Waals surface area contributed by atoms with Gasteiger partial charge in [0, 0.05) is 38.3 Å². The van der Waals surface area contributed by atoms with Gasteiger partial charge in [0.1, 0.15) is 0 Å². The number of carboxylic acid groups (broad SMARTS) is 1. The smallest absolute Gasteiger partial charge is 0.475 e. The van der Waals surface area contributed by atoms with E-state index in [0.717, 1.165) is 37.7 Å². The SMILES string of the molecule is C=CCOCC1CN(Cc2ccc3c(c2)OCO3)Cc2ccnn2C1.O=C(O)C(F)(F)F. The van der Waals surface area contributed by atoms with Crippen LogP contribution >= 0.6 is 0 Å². The molecule has 4 rings (SSSR count). The highest BCUT2D eigenvalue weighted by Crippen LogP contribution is 2.33. The first kappa shape index (κ1) is 23.6. The van der Waals surface area contributed by atoms with E-state index in [2.05, 4.69) is 39.5 Å². The number of aliphatic carboxylic acids is 1. The molecule has 0 radical (unpaired) electrons. The Hall–Kier alpha value is -3.05. The zero-order valence-electron chi connectivity index (χ0n) is 17.3. The number of aromatic nitrogens is 2. The summed E-state index contributed by atoms with van der Waals surface area (Å²) in [5.74, 6) is -0.695. The summed E-state index contributed by atoms with van der Waals surface area (Å²) in [7, 11) is 0. The summed E-state index contributed by atoms with van der Waals surface area (Å²) in [6.07, 6.45) is -1.42. The van der Waals surface area contributed by atoms with Crippen molar-refractivity contribution < 1.29 is 37.3 Å². The Morgan fingerprint density at radius 3 is 2.75 bits per heavy atom. The number of hydrogen-bond acceptors (Lipinski definition) is 6. The van der Waals surface area contributed by atoms with Gasteiger partial charge in [-0.1, -0.05) is 12.1 Å². The molecular weight excluding hydrogens is 431 g/mol. The standard InChI is InChI=1S/C19H23N3O3.C2HF3O2/c1-2-7-23-13-16-10-21(12-17-5-6-20-22(17)11-16)9-15-3-4-18-19(8-15)25-14-24-18;3-2(4,5)1(6)7/h2-6,8,16H,1,7,9-14H2;(H,6,7). The van der Waals surface area contributed by atoms with Crippen LogP contribution in [0.2, 0.25) is 0 Å². The highest BCUT2D eigenvalue weighted by molar-refractivity contribution is 5.73. The van der Waals surface area contributed by atoms with Gasteiger partial charge in [0.2, 0.25) is 6.79 Å². The molecule has 32 heavy (non-hydrogen) atoms. The lowest BCUT2D eigenvalue weighted by molar-refractivity contribution is -0.192. The maximum atomic E-state index is 10.6. The first-order valence-corrected chi connectivity index (χ1v) is 9.86. The van der Waals surface area contributed by atoms with E-state index >= 15 is 0 Å². The number of alkyl halides is 3. The molecule has 8 nitrogen and oxygen atoms in total. The predicted molar refractivity (Wildman–Crippen MR) is 107 cm³/mol. The van der Waals surface area contributed by atoms with E-state index in [1.54, 1.807) is 6.08 Å². The minimum atomic E-state index is -5.08. The van der Waals surface area contributed by atoms with E-state index < -0.39 is 12.1 Å². The fourth-order valence-electron chi connectivity index (χ4n) is 3.46. The van der Waals surface area contributed by atoms with Crippen molar-refractivity contribution in [2.24, 2.45) is 5.92 Å². The van der Waals surface area contributed by atoms with Crippen LogP contribution in [-0.2, 0) is 29.2 Å². The molecule has 1 aromatic heterocycles. The molecule has 1 N–H and O–H groups in total. The van der Waals surface area contributed by atoms with Gasteiger partial charge >= 0.3 is 12.1 Å². The zero-order valence-corrected chi connectivity index (χ0v) is 17.3. The number of ether oxygens (including phenoxy) is 3. The van der Waals surface area contributed by atoms with Gasteiger partial charge in [0.05, 0.1) is 18.9 Å². The second-order valence-corrected chi connectivity index (χ2v) is 7.36. The molecule has 1 atom stereocenters. The summed E-state index contributed by atoms with van der Waals surface area (Å²) in [5, 5.41) is 11.6. The van der Waals surface area contributed by atoms with Crippen LogP contribution in [0.3, 0.4) is 0 Å². The highest BCUT2D eigenvalue weighted by atomic mass is 19.4. The molecule has 0 aliphatic carbocycles. The van der Waals surface area contributed by atoms with Gasteiger partial charge in [-0.2, -0.15) is 18.3 Å². The van der Waals surface area contributed by atoms with Crippen molar-refractivity contribution in [1.29, 1.82) is 0 Å². The third-order valence-electron chi connectivity index (χ3n) is 4.81. The van der Waals surface area contributed by atoms with Gasteiger partial charge in [-0.15, -0.1) is 6.58 Å². The fourth-order valence-corrected chi connectivity index (χ4v) is 3.46. The maximum Gasteiger partial charge on any atom is 0.490 e. The van der Waals surface area contributed by atoms with E-state index in [1.807, 2.05) is 12.3 Å². The lowest BCUT2D eigenvalue weighted by atomic mass is 10.1. The number of nitrogens with zero attached hydrogens (tertiary/aromatic N) is 3. The second kappa shape index (κ2) is 10.5. The molecule has 2 aromatic rings. The van der Waals surface area contributed by atoms with Crippen molar-refractivity contribution in [1.82, 2.24) is 14.7 Å². The Morgan fingerprint density at radius 2 is 2.03 bits per heavy atom. The highest BCUT2D eigenvalue weighted by Gasteiger charge is 2.38. The Morgan fingerprint density at radius 1 is 1.28 bits per heavy atom. The van der Waals surface area contributed by atoms with Crippen LogP contribution in [0.1, 0.15) is 11.3 Å². The first-order chi connectivity index (χ1) is 15.3. The van der Waals surface area contributed by atoms with Gasteiger partial charge in [-0.25, -0.2) is 4.79 Å². The van der Waals surface area contributed by atoms with E-state index in [4.69, 9.17) is 24.1 Å². The monoisotopic (exact) mass is 455 g/mol. The van der Waals surface area contributed by atoms with Crippen LogP contribution in [0, 0.1) is 5.92 Å². The third kappa shape index (κ3) is 6.47. The van der Waals surface area contributed by atoms with Crippen LogP contribution in [0.25, 0.3) is 0 Å². The molecule has 3 heterocycles. The molecule has 11 heteroatoms. The fraction of sp³-hybridized carbons (Fsp3) is 0.429. The Kier molecular flexibility index (Phi) is 7.75. The molecular formula is C21H24F3N3O5. The predicted octanol–water partition coefficient (Wildman–Crippen LogP) is 3.08. The quantitative estimate of drug-likeness (QED) is 0.529. The van der Waals surface area contributed by atoms with Crippen LogP contribution in [-0.4, -0.2) is 58.5 Å². The number of benzene rings is 1. The number of fused-ring (bicyclic) bond motifs is 2. The van der Waals surface area contributed by atoms with Crippen molar-refractivity contribution in [3.63, 3.8) is 0 Å². The van der Waals surface area contributed by atoms with Crippen LogP contribution in [0.5, 0.6) is 11.5 Å². The Balaban J connectivity index is 0.000000360. The summed E-state index contributed by atoms with van der Waals surface area (Å²) in [5.41, 5.74) is 2.47. The van der Waals surface area contributed by atoms with Gasteiger partial charge in [-0.05, 0) is 23.8 Å².